The molecular weight excluding hydrogens is 270 g/mol. The van der Waals surface area contributed by atoms with E-state index in [1.54, 1.807) is 24.4 Å². The van der Waals surface area contributed by atoms with E-state index in [-0.39, 0.29) is 18.0 Å². The fraction of sp³-hybridized carbons (Fsp3) is 0.0667. The molecule has 0 spiro atoms. The molecule has 0 radical (unpaired) electrons. The number of aromatic amines is 1. The summed E-state index contributed by atoms with van der Waals surface area (Å²) in [4.78, 5) is 26.9. The highest BCUT2D eigenvalue weighted by Gasteiger charge is 2.15. The summed E-state index contributed by atoms with van der Waals surface area (Å²) >= 11 is 0. The second kappa shape index (κ2) is 6.82. The number of carbonyl (C=O) groups excluding carboxylic acids is 2. The van der Waals surface area contributed by atoms with Crippen LogP contribution in [0, 0.1) is 12.3 Å². The molecule has 0 saturated heterocycles. The smallest absolute Gasteiger partial charge is 0.291 e. The average molecular weight is 283 g/mol. The molecule has 0 unspecified atom stereocenters. The molecule has 3 N–H and O–H groups in total. The average Bonchev–Trinajstić information content (AvgIpc) is 3.16. The number of carbonyl (C=O) groups is 2. The normalized spacial score (nSPS) is 10.7. The molecule has 0 aliphatic rings. The number of furan rings is 1. The quantitative estimate of drug-likeness (QED) is 0.568. The molecule has 0 aliphatic heterocycles. The summed E-state index contributed by atoms with van der Waals surface area (Å²) in [5.74, 6) is 1.40. The molecular formula is C15H13N3O3. The molecule has 2 amide bonds. The first-order valence-electron chi connectivity index (χ1n) is 6.12. The lowest BCUT2D eigenvalue weighted by Crippen LogP contribution is -2.34. The zero-order chi connectivity index (χ0) is 15.1. The van der Waals surface area contributed by atoms with Crippen LogP contribution in [-0.2, 0) is 4.79 Å². The molecule has 0 saturated carbocycles. The predicted octanol–water partition coefficient (Wildman–Crippen LogP) is 1.13. The molecule has 2 rings (SSSR count). The van der Waals surface area contributed by atoms with Crippen molar-refractivity contribution in [3.05, 3.63) is 53.9 Å². The van der Waals surface area contributed by atoms with Gasteiger partial charge in [0.1, 0.15) is 5.70 Å². The molecule has 21 heavy (non-hydrogen) atoms. The number of rotatable bonds is 5. The summed E-state index contributed by atoms with van der Waals surface area (Å²) in [6.45, 7) is 0.0670. The van der Waals surface area contributed by atoms with Crippen LogP contribution in [0.25, 0.3) is 6.08 Å². The number of aromatic nitrogens is 1. The van der Waals surface area contributed by atoms with E-state index in [2.05, 4.69) is 21.5 Å². The second-order valence-corrected chi connectivity index (χ2v) is 4.00. The van der Waals surface area contributed by atoms with E-state index < -0.39 is 11.8 Å². The van der Waals surface area contributed by atoms with Crippen LogP contribution < -0.4 is 10.6 Å². The van der Waals surface area contributed by atoms with Gasteiger partial charge >= 0.3 is 0 Å². The Morgan fingerprint density at radius 3 is 2.86 bits per heavy atom. The van der Waals surface area contributed by atoms with Crippen LogP contribution in [0.15, 0.2) is 46.8 Å². The number of H-pyrrole nitrogens is 1. The summed E-state index contributed by atoms with van der Waals surface area (Å²) in [5.41, 5.74) is 0.731. The Hall–Kier alpha value is -3.20. The van der Waals surface area contributed by atoms with Crippen molar-refractivity contribution < 1.29 is 14.0 Å². The highest BCUT2D eigenvalue weighted by molar-refractivity contribution is 6.04. The van der Waals surface area contributed by atoms with Crippen molar-refractivity contribution in [2.75, 3.05) is 6.54 Å². The lowest BCUT2D eigenvalue weighted by molar-refractivity contribution is -0.117. The fourth-order valence-corrected chi connectivity index (χ4v) is 1.57. The minimum Gasteiger partial charge on any atom is -0.459 e. The van der Waals surface area contributed by atoms with E-state index in [0.717, 1.165) is 0 Å². The fourth-order valence-electron chi connectivity index (χ4n) is 1.57. The number of terminal acetylenes is 1. The largest absolute Gasteiger partial charge is 0.459 e. The molecule has 0 bridgehead atoms. The highest BCUT2D eigenvalue weighted by Crippen LogP contribution is 2.05. The highest BCUT2D eigenvalue weighted by atomic mass is 16.3. The Morgan fingerprint density at radius 2 is 2.24 bits per heavy atom. The number of hydrogen-bond donors (Lipinski definition) is 3. The summed E-state index contributed by atoms with van der Waals surface area (Å²) in [7, 11) is 0. The Kier molecular flexibility index (Phi) is 4.62. The summed E-state index contributed by atoms with van der Waals surface area (Å²) in [6, 6.07) is 6.62. The zero-order valence-corrected chi connectivity index (χ0v) is 11.1. The lowest BCUT2D eigenvalue weighted by atomic mass is 10.3. The summed E-state index contributed by atoms with van der Waals surface area (Å²) < 4.78 is 4.98. The third kappa shape index (κ3) is 3.88. The Balaban J connectivity index is 2.18. The van der Waals surface area contributed by atoms with Gasteiger partial charge < -0.3 is 20.0 Å². The number of amides is 2. The topological polar surface area (TPSA) is 87.1 Å². The number of nitrogens with one attached hydrogen (secondary N) is 3. The van der Waals surface area contributed by atoms with Gasteiger partial charge in [0, 0.05) is 11.9 Å². The monoisotopic (exact) mass is 283 g/mol. The van der Waals surface area contributed by atoms with Gasteiger partial charge in [-0.2, -0.15) is 0 Å². The maximum Gasteiger partial charge on any atom is 0.291 e. The molecule has 0 aromatic carbocycles. The third-order valence-electron chi connectivity index (χ3n) is 2.51. The van der Waals surface area contributed by atoms with Crippen LogP contribution >= 0.6 is 0 Å². The summed E-state index contributed by atoms with van der Waals surface area (Å²) in [5, 5.41) is 4.99. The van der Waals surface area contributed by atoms with Crippen LogP contribution in [0.3, 0.4) is 0 Å². The van der Waals surface area contributed by atoms with Crippen molar-refractivity contribution in [1.29, 1.82) is 0 Å². The molecule has 0 atom stereocenters. The minimum atomic E-state index is -0.520. The van der Waals surface area contributed by atoms with Crippen molar-refractivity contribution in [3.8, 4) is 12.3 Å². The van der Waals surface area contributed by atoms with Gasteiger partial charge in [-0.25, -0.2) is 0 Å². The van der Waals surface area contributed by atoms with Crippen molar-refractivity contribution in [2.45, 2.75) is 0 Å². The van der Waals surface area contributed by atoms with E-state index in [4.69, 9.17) is 10.8 Å². The van der Waals surface area contributed by atoms with Crippen LogP contribution in [0.1, 0.15) is 16.2 Å². The maximum absolute atomic E-state index is 12.0. The van der Waals surface area contributed by atoms with E-state index in [0.29, 0.717) is 5.69 Å². The van der Waals surface area contributed by atoms with Gasteiger partial charge in [0.2, 0.25) is 0 Å². The summed E-state index contributed by atoms with van der Waals surface area (Å²) in [6.07, 6.45) is 9.69. The minimum absolute atomic E-state index is 0.0640. The Bertz CT molecular complexity index is 676. The van der Waals surface area contributed by atoms with Crippen molar-refractivity contribution >= 4 is 17.9 Å². The molecule has 6 nitrogen and oxygen atoms in total. The van der Waals surface area contributed by atoms with Gasteiger partial charge in [0.15, 0.2) is 5.76 Å². The first kappa shape index (κ1) is 14.2. The standard InChI is InChI=1S/C15H13N3O3/c1-2-7-17-14(19)12(10-11-5-3-8-16-11)18-15(20)13-6-4-9-21-13/h1,3-6,8-10,16H,7H2,(H,17,19)(H,18,20)/b12-10-. The SMILES string of the molecule is C#CCNC(=O)/C(=C/c1ccc[nH]1)NC(=O)c1ccco1. The molecule has 2 aromatic heterocycles. The zero-order valence-electron chi connectivity index (χ0n) is 11.1. The Labute approximate surface area is 121 Å². The van der Waals surface area contributed by atoms with Gasteiger partial charge in [-0.15, -0.1) is 6.42 Å². The Morgan fingerprint density at radius 1 is 1.38 bits per heavy atom. The van der Waals surface area contributed by atoms with E-state index >= 15 is 0 Å². The predicted molar refractivity (Wildman–Crippen MR) is 76.8 cm³/mol. The molecule has 2 aromatic rings. The van der Waals surface area contributed by atoms with Crippen molar-refractivity contribution in [3.63, 3.8) is 0 Å². The van der Waals surface area contributed by atoms with Gasteiger partial charge in [-0.1, -0.05) is 5.92 Å². The first-order chi connectivity index (χ1) is 10.2. The molecule has 0 aliphatic carbocycles. The van der Waals surface area contributed by atoms with E-state index in [1.807, 2.05) is 0 Å². The van der Waals surface area contributed by atoms with Crippen molar-refractivity contribution in [2.24, 2.45) is 0 Å². The molecule has 2 heterocycles. The van der Waals surface area contributed by atoms with E-state index in [1.165, 1.54) is 18.4 Å². The van der Waals surface area contributed by atoms with Gasteiger partial charge in [-0.3, -0.25) is 9.59 Å². The third-order valence-corrected chi connectivity index (χ3v) is 2.51. The molecule has 0 fully saturated rings. The van der Waals surface area contributed by atoms with E-state index in [9.17, 15) is 9.59 Å². The van der Waals surface area contributed by atoms with Crippen LogP contribution in [0.4, 0.5) is 0 Å². The van der Waals surface area contributed by atoms with Crippen LogP contribution in [0.2, 0.25) is 0 Å². The van der Waals surface area contributed by atoms with Gasteiger partial charge in [0.05, 0.1) is 12.8 Å². The first-order valence-corrected chi connectivity index (χ1v) is 6.12. The van der Waals surface area contributed by atoms with Crippen molar-refractivity contribution in [1.82, 2.24) is 15.6 Å². The molecule has 106 valence electrons. The van der Waals surface area contributed by atoms with Gasteiger partial charge in [0.25, 0.3) is 11.8 Å². The van der Waals surface area contributed by atoms with Crippen LogP contribution in [0.5, 0.6) is 0 Å². The lowest BCUT2D eigenvalue weighted by Gasteiger charge is -2.08. The van der Waals surface area contributed by atoms with Crippen LogP contribution in [-0.4, -0.2) is 23.3 Å². The second-order valence-electron chi connectivity index (χ2n) is 4.00. The molecule has 6 heteroatoms. The number of hydrogen-bond acceptors (Lipinski definition) is 3. The maximum atomic E-state index is 12.0. The van der Waals surface area contributed by atoms with Gasteiger partial charge in [-0.05, 0) is 30.3 Å².